The van der Waals surface area contributed by atoms with Gasteiger partial charge in [-0.2, -0.15) is 0 Å². The van der Waals surface area contributed by atoms with Crippen molar-refractivity contribution in [3.63, 3.8) is 0 Å². The Balaban J connectivity index is 3.88. The molecule has 0 fully saturated rings. The number of carbonyl (C=O) groups is 1. The molecule has 0 aliphatic carbocycles. The van der Waals surface area contributed by atoms with Gasteiger partial charge in [0.25, 0.3) is 0 Å². The monoisotopic (exact) mass is 250 g/mol. The van der Waals surface area contributed by atoms with E-state index in [1.165, 1.54) is 11.1 Å². The van der Waals surface area contributed by atoms with Crippen LogP contribution < -0.4 is 0 Å². The zero-order valence-corrected chi connectivity index (χ0v) is 9.67. The number of esters is 1. The first kappa shape index (κ1) is 12.7. The maximum absolute atomic E-state index is 11.1. The van der Waals surface area contributed by atoms with Crippen LogP contribution in [-0.4, -0.2) is 22.8 Å². The van der Waals surface area contributed by atoms with Crippen molar-refractivity contribution in [1.82, 2.24) is 0 Å². The molecule has 0 aromatic rings. The molecule has 0 rings (SSSR count). The van der Waals surface area contributed by atoms with E-state index in [2.05, 4.69) is 15.9 Å². The van der Waals surface area contributed by atoms with E-state index >= 15 is 0 Å². The van der Waals surface area contributed by atoms with Crippen LogP contribution in [0.25, 0.3) is 0 Å². The standard InChI is InChI=1S/C9H15BrO3/c1-9(2,3)13-8(12)6-7(11)4-5-10/h4-5,7,11H,6H2,1-3H3/b5-4-/t7-/m1/s1. The Kier molecular flexibility index (Phi) is 5.25. The Hall–Kier alpha value is -0.350. The van der Waals surface area contributed by atoms with Gasteiger partial charge in [-0.05, 0) is 31.8 Å². The molecular formula is C9H15BrO3. The molecule has 3 nitrogen and oxygen atoms in total. The van der Waals surface area contributed by atoms with Crippen LogP contribution in [0, 0.1) is 0 Å². The number of ether oxygens (including phenoxy) is 1. The minimum atomic E-state index is -0.783. The van der Waals surface area contributed by atoms with Crippen LogP contribution in [0.2, 0.25) is 0 Å². The summed E-state index contributed by atoms with van der Waals surface area (Å²) in [5.74, 6) is -0.398. The van der Waals surface area contributed by atoms with E-state index in [0.29, 0.717) is 0 Å². The Morgan fingerprint density at radius 3 is 2.54 bits per heavy atom. The van der Waals surface area contributed by atoms with Crippen molar-refractivity contribution < 1.29 is 14.6 Å². The van der Waals surface area contributed by atoms with Crippen molar-refractivity contribution in [3.8, 4) is 0 Å². The molecule has 0 aromatic heterocycles. The summed E-state index contributed by atoms with van der Waals surface area (Å²) in [7, 11) is 0. The molecule has 0 heterocycles. The molecule has 4 heteroatoms. The van der Waals surface area contributed by atoms with Crippen LogP contribution in [0.15, 0.2) is 11.1 Å². The lowest BCUT2D eigenvalue weighted by molar-refractivity contribution is -0.156. The molecule has 0 bridgehead atoms. The minimum Gasteiger partial charge on any atom is -0.460 e. The SMILES string of the molecule is CC(C)(C)OC(=O)C[C@H](O)/C=C\Br. The maximum atomic E-state index is 11.1. The highest BCUT2D eigenvalue weighted by molar-refractivity contribution is 9.11. The van der Waals surface area contributed by atoms with Crippen molar-refractivity contribution in [1.29, 1.82) is 0 Å². The lowest BCUT2D eigenvalue weighted by Gasteiger charge is -2.19. The van der Waals surface area contributed by atoms with Gasteiger partial charge in [-0.1, -0.05) is 15.9 Å². The third kappa shape index (κ3) is 7.99. The summed E-state index contributed by atoms with van der Waals surface area (Å²) in [6.45, 7) is 5.37. The van der Waals surface area contributed by atoms with Crippen molar-refractivity contribution >= 4 is 21.9 Å². The predicted molar refractivity (Wildman–Crippen MR) is 54.5 cm³/mol. The normalized spacial score (nSPS) is 14.5. The van der Waals surface area contributed by atoms with E-state index in [1.54, 1.807) is 20.8 Å². The van der Waals surface area contributed by atoms with Crippen LogP contribution in [0.4, 0.5) is 0 Å². The number of halogens is 1. The topological polar surface area (TPSA) is 46.5 Å². The van der Waals surface area contributed by atoms with Gasteiger partial charge in [0.15, 0.2) is 0 Å². The first-order valence-corrected chi connectivity index (χ1v) is 4.93. The molecule has 0 saturated heterocycles. The van der Waals surface area contributed by atoms with Crippen molar-refractivity contribution in [2.24, 2.45) is 0 Å². The van der Waals surface area contributed by atoms with E-state index < -0.39 is 17.7 Å². The molecule has 0 saturated carbocycles. The summed E-state index contributed by atoms with van der Waals surface area (Å²) in [4.78, 5) is 12.6. The summed E-state index contributed by atoms with van der Waals surface area (Å²) in [6, 6.07) is 0. The number of hydrogen-bond donors (Lipinski definition) is 1. The second-order valence-electron chi connectivity index (χ2n) is 3.68. The highest BCUT2D eigenvalue weighted by Crippen LogP contribution is 2.09. The minimum absolute atomic E-state index is 0.0145. The van der Waals surface area contributed by atoms with E-state index in [-0.39, 0.29) is 6.42 Å². The highest BCUT2D eigenvalue weighted by atomic mass is 79.9. The molecule has 0 aromatic carbocycles. The van der Waals surface area contributed by atoms with Gasteiger partial charge in [-0.25, -0.2) is 0 Å². The van der Waals surface area contributed by atoms with E-state index in [1.807, 2.05) is 0 Å². The molecule has 0 radical (unpaired) electrons. The average molecular weight is 251 g/mol. The number of aliphatic hydroxyl groups is 1. The van der Waals surface area contributed by atoms with Gasteiger partial charge in [0, 0.05) is 0 Å². The van der Waals surface area contributed by atoms with E-state index in [4.69, 9.17) is 4.74 Å². The largest absolute Gasteiger partial charge is 0.460 e. The first-order chi connectivity index (χ1) is 5.85. The van der Waals surface area contributed by atoms with Gasteiger partial charge < -0.3 is 9.84 Å². The second kappa shape index (κ2) is 5.40. The lowest BCUT2D eigenvalue weighted by Crippen LogP contribution is -2.25. The van der Waals surface area contributed by atoms with Crippen LogP contribution in [-0.2, 0) is 9.53 Å². The second-order valence-corrected chi connectivity index (χ2v) is 4.21. The van der Waals surface area contributed by atoms with E-state index in [0.717, 1.165) is 0 Å². The Morgan fingerprint density at radius 1 is 1.62 bits per heavy atom. The van der Waals surface area contributed by atoms with Crippen LogP contribution >= 0.6 is 15.9 Å². The maximum Gasteiger partial charge on any atom is 0.309 e. The number of hydrogen-bond acceptors (Lipinski definition) is 3. The summed E-state index contributed by atoms with van der Waals surface area (Å²) >= 11 is 3.01. The Bertz CT molecular complexity index is 194. The fourth-order valence-corrected chi connectivity index (χ4v) is 1.06. The van der Waals surface area contributed by atoms with Crippen molar-refractivity contribution in [2.75, 3.05) is 0 Å². The zero-order chi connectivity index (χ0) is 10.5. The molecule has 76 valence electrons. The molecule has 0 unspecified atom stereocenters. The fourth-order valence-electron chi connectivity index (χ4n) is 0.706. The van der Waals surface area contributed by atoms with Gasteiger partial charge in [0.05, 0.1) is 12.5 Å². The predicted octanol–water partition coefficient (Wildman–Crippen LogP) is 1.99. The smallest absolute Gasteiger partial charge is 0.309 e. The summed E-state index contributed by atoms with van der Waals surface area (Å²) in [6.07, 6.45) is 0.678. The van der Waals surface area contributed by atoms with Gasteiger partial charge in [0.1, 0.15) is 5.60 Å². The summed E-state index contributed by atoms with van der Waals surface area (Å²) in [5.41, 5.74) is -0.491. The molecule has 1 atom stereocenters. The molecule has 0 amide bonds. The first-order valence-electron chi connectivity index (χ1n) is 4.02. The molecule has 0 aliphatic rings. The third-order valence-corrected chi connectivity index (χ3v) is 1.40. The van der Waals surface area contributed by atoms with Crippen molar-refractivity contribution in [3.05, 3.63) is 11.1 Å². The van der Waals surface area contributed by atoms with Gasteiger partial charge >= 0.3 is 5.97 Å². The third-order valence-electron chi connectivity index (χ3n) is 1.09. The Morgan fingerprint density at radius 2 is 2.15 bits per heavy atom. The highest BCUT2D eigenvalue weighted by Gasteiger charge is 2.17. The molecule has 0 spiro atoms. The van der Waals surface area contributed by atoms with Crippen LogP contribution in [0.5, 0.6) is 0 Å². The van der Waals surface area contributed by atoms with E-state index in [9.17, 15) is 9.90 Å². The van der Waals surface area contributed by atoms with Gasteiger partial charge in [-0.3, -0.25) is 4.79 Å². The quantitative estimate of drug-likeness (QED) is 0.780. The molecule has 0 aliphatic heterocycles. The zero-order valence-electron chi connectivity index (χ0n) is 8.08. The van der Waals surface area contributed by atoms with Gasteiger partial charge in [-0.15, -0.1) is 0 Å². The summed E-state index contributed by atoms with van der Waals surface area (Å²) < 4.78 is 5.01. The number of rotatable bonds is 3. The van der Waals surface area contributed by atoms with Crippen molar-refractivity contribution in [2.45, 2.75) is 38.9 Å². The number of aliphatic hydroxyl groups excluding tert-OH is 1. The van der Waals surface area contributed by atoms with Crippen LogP contribution in [0.1, 0.15) is 27.2 Å². The van der Waals surface area contributed by atoms with Gasteiger partial charge in [0.2, 0.25) is 0 Å². The van der Waals surface area contributed by atoms with Crippen LogP contribution in [0.3, 0.4) is 0 Å². The number of carbonyl (C=O) groups excluding carboxylic acids is 1. The average Bonchev–Trinajstić information content (AvgIpc) is 1.81. The molecule has 13 heavy (non-hydrogen) atoms. The molecule has 1 N–H and O–H groups in total. The lowest BCUT2D eigenvalue weighted by atomic mass is 10.2. The molecular weight excluding hydrogens is 236 g/mol. The fraction of sp³-hybridized carbons (Fsp3) is 0.667. The summed E-state index contributed by atoms with van der Waals surface area (Å²) in [5, 5.41) is 9.20. The Labute approximate surface area is 86.9 Å².